The quantitative estimate of drug-likeness (QED) is 0.839. The fourth-order valence-corrected chi connectivity index (χ4v) is 3.23. The van der Waals surface area contributed by atoms with E-state index in [-0.39, 0.29) is 11.6 Å². The van der Waals surface area contributed by atoms with E-state index in [0.717, 1.165) is 37.8 Å². The fourth-order valence-electron chi connectivity index (χ4n) is 3.23. The molecule has 0 radical (unpaired) electrons. The van der Waals surface area contributed by atoms with Gasteiger partial charge < -0.3 is 10.2 Å². The molecule has 0 bridgehead atoms. The Morgan fingerprint density at radius 3 is 2.00 bits per heavy atom. The third kappa shape index (κ3) is 3.80. The predicted octanol–water partition coefficient (Wildman–Crippen LogP) is 3.83. The zero-order chi connectivity index (χ0) is 18.1. The van der Waals surface area contributed by atoms with Gasteiger partial charge in [-0.3, -0.25) is 9.59 Å². The van der Waals surface area contributed by atoms with Gasteiger partial charge in [-0.1, -0.05) is 12.8 Å². The van der Waals surface area contributed by atoms with Gasteiger partial charge in [0.05, 0.1) is 5.56 Å². The van der Waals surface area contributed by atoms with Gasteiger partial charge in [-0.25, -0.2) is 0 Å². The number of halogens is 3. The minimum Gasteiger partial charge on any atom is -0.342 e. The molecule has 1 N–H and O–H groups in total. The largest absolute Gasteiger partial charge is 0.416 e. The van der Waals surface area contributed by atoms with Gasteiger partial charge in [0.1, 0.15) is 5.41 Å². The highest BCUT2D eigenvalue weighted by atomic mass is 19.4. The zero-order valence-corrected chi connectivity index (χ0v) is 13.9. The van der Waals surface area contributed by atoms with Crippen LogP contribution in [0.15, 0.2) is 24.3 Å². The summed E-state index contributed by atoms with van der Waals surface area (Å²) in [4.78, 5) is 27.1. The number of nitrogens with one attached hydrogen (secondary N) is 1. The number of rotatable bonds is 3. The van der Waals surface area contributed by atoms with Gasteiger partial charge >= 0.3 is 6.18 Å². The first-order valence-corrected chi connectivity index (χ1v) is 8.61. The Labute approximate surface area is 144 Å². The maximum atomic E-state index is 12.8. The van der Waals surface area contributed by atoms with Gasteiger partial charge in [0.2, 0.25) is 11.8 Å². The van der Waals surface area contributed by atoms with Crippen molar-refractivity contribution < 1.29 is 22.8 Å². The molecule has 1 aromatic carbocycles. The van der Waals surface area contributed by atoms with Crippen molar-refractivity contribution in [2.75, 3.05) is 18.4 Å². The molecule has 2 aliphatic rings. The number of alkyl halides is 3. The molecule has 7 heteroatoms. The van der Waals surface area contributed by atoms with E-state index in [9.17, 15) is 22.8 Å². The standard InChI is InChI=1S/C18H21F3N2O2/c19-18(20,21)13-5-7-14(8-6-13)22-15(24)17(9-10-17)16(25)23-11-3-1-2-4-12-23/h5-8H,1-4,9-12H2,(H,22,24). The minimum atomic E-state index is -4.41. The van der Waals surface area contributed by atoms with Gasteiger partial charge in [-0.15, -0.1) is 0 Å². The number of hydrogen-bond acceptors (Lipinski definition) is 2. The van der Waals surface area contributed by atoms with Crippen molar-refractivity contribution in [1.29, 1.82) is 0 Å². The predicted molar refractivity (Wildman–Crippen MR) is 86.8 cm³/mol. The van der Waals surface area contributed by atoms with E-state index in [1.807, 2.05) is 0 Å². The van der Waals surface area contributed by atoms with Gasteiger partial charge in [-0.05, 0) is 49.9 Å². The van der Waals surface area contributed by atoms with Crippen LogP contribution in [0.2, 0.25) is 0 Å². The molecule has 0 spiro atoms. The van der Waals surface area contributed by atoms with E-state index in [1.54, 1.807) is 4.90 Å². The molecule has 1 saturated heterocycles. The summed E-state index contributed by atoms with van der Waals surface area (Å²) in [5.74, 6) is -0.555. The number of anilines is 1. The molecule has 4 nitrogen and oxygen atoms in total. The van der Waals surface area contributed by atoms with Crippen molar-refractivity contribution >= 4 is 17.5 Å². The summed E-state index contributed by atoms with van der Waals surface area (Å²) >= 11 is 0. The highest BCUT2D eigenvalue weighted by Crippen LogP contribution is 2.48. The molecule has 0 atom stereocenters. The monoisotopic (exact) mass is 354 g/mol. The van der Waals surface area contributed by atoms with E-state index >= 15 is 0 Å². The van der Waals surface area contributed by atoms with E-state index < -0.39 is 23.1 Å². The average molecular weight is 354 g/mol. The van der Waals surface area contributed by atoms with Crippen molar-refractivity contribution in [2.45, 2.75) is 44.7 Å². The first-order valence-electron chi connectivity index (χ1n) is 8.61. The second kappa shape index (κ2) is 6.69. The van der Waals surface area contributed by atoms with Gasteiger partial charge in [0.25, 0.3) is 0 Å². The van der Waals surface area contributed by atoms with Crippen molar-refractivity contribution in [1.82, 2.24) is 4.90 Å². The van der Waals surface area contributed by atoms with Crippen LogP contribution in [0.3, 0.4) is 0 Å². The number of carbonyl (C=O) groups is 2. The van der Waals surface area contributed by atoms with E-state index in [2.05, 4.69) is 5.32 Å². The lowest BCUT2D eigenvalue weighted by molar-refractivity contribution is -0.142. The fraction of sp³-hybridized carbons (Fsp3) is 0.556. The number of benzene rings is 1. The SMILES string of the molecule is O=C(Nc1ccc(C(F)(F)F)cc1)C1(C(=O)N2CCCCCC2)CC1. The van der Waals surface area contributed by atoms with Crippen molar-refractivity contribution in [2.24, 2.45) is 5.41 Å². The Bertz CT molecular complexity index is 643. The molecule has 1 heterocycles. The first kappa shape index (κ1) is 17.8. The van der Waals surface area contributed by atoms with Crippen LogP contribution >= 0.6 is 0 Å². The number of hydrogen-bond donors (Lipinski definition) is 1. The maximum Gasteiger partial charge on any atom is 0.416 e. The number of carbonyl (C=O) groups excluding carboxylic acids is 2. The smallest absolute Gasteiger partial charge is 0.342 e. The molecule has 2 fully saturated rings. The summed E-state index contributed by atoms with van der Waals surface area (Å²) in [6.07, 6.45) is 0.653. The molecular formula is C18H21F3N2O2. The minimum absolute atomic E-state index is 0.140. The Morgan fingerprint density at radius 1 is 0.960 bits per heavy atom. The van der Waals surface area contributed by atoms with E-state index in [0.29, 0.717) is 25.9 Å². The van der Waals surface area contributed by atoms with Crippen LogP contribution in [0.1, 0.15) is 44.1 Å². The van der Waals surface area contributed by atoms with Crippen LogP contribution in [-0.4, -0.2) is 29.8 Å². The van der Waals surface area contributed by atoms with Crippen LogP contribution in [0.5, 0.6) is 0 Å². The molecule has 136 valence electrons. The van der Waals surface area contributed by atoms with Crippen LogP contribution in [0.25, 0.3) is 0 Å². The normalized spacial score (nSPS) is 19.9. The second-order valence-corrected chi connectivity index (χ2v) is 6.82. The Balaban J connectivity index is 1.67. The van der Waals surface area contributed by atoms with Gasteiger partial charge in [-0.2, -0.15) is 13.2 Å². The highest BCUT2D eigenvalue weighted by molar-refractivity contribution is 6.13. The van der Waals surface area contributed by atoms with Crippen LogP contribution in [0, 0.1) is 5.41 Å². The molecule has 3 rings (SSSR count). The third-order valence-corrected chi connectivity index (χ3v) is 4.96. The second-order valence-electron chi connectivity index (χ2n) is 6.82. The number of amides is 2. The molecule has 0 unspecified atom stereocenters. The molecular weight excluding hydrogens is 333 g/mol. The van der Waals surface area contributed by atoms with Crippen molar-refractivity contribution in [3.05, 3.63) is 29.8 Å². The van der Waals surface area contributed by atoms with E-state index in [1.165, 1.54) is 12.1 Å². The number of likely N-dealkylation sites (tertiary alicyclic amines) is 1. The molecule has 1 aliphatic carbocycles. The maximum absolute atomic E-state index is 12.8. The van der Waals surface area contributed by atoms with Crippen LogP contribution in [0.4, 0.5) is 18.9 Å². The summed E-state index contributed by atoms with van der Waals surface area (Å²) in [6.45, 7) is 1.35. The van der Waals surface area contributed by atoms with Gasteiger partial charge in [0.15, 0.2) is 0 Å². The molecule has 1 saturated carbocycles. The first-order chi connectivity index (χ1) is 11.8. The summed E-state index contributed by atoms with van der Waals surface area (Å²) in [5, 5.41) is 2.61. The third-order valence-electron chi connectivity index (χ3n) is 4.96. The summed E-state index contributed by atoms with van der Waals surface area (Å²) in [6, 6.07) is 4.28. The molecule has 1 aliphatic heterocycles. The van der Waals surface area contributed by atoms with Gasteiger partial charge in [0, 0.05) is 18.8 Å². The lowest BCUT2D eigenvalue weighted by Crippen LogP contribution is -2.43. The Kier molecular flexibility index (Phi) is 4.75. The summed E-state index contributed by atoms with van der Waals surface area (Å²) in [7, 11) is 0. The average Bonchev–Trinajstić information content (AvgIpc) is 3.39. The highest BCUT2D eigenvalue weighted by Gasteiger charge is 2.58. The molecule has 2 amide bonds. The lowest BCUT2D eigenvalue weighted by atomic mass is 10.0. The molecule has 1 aromatic rings. The summed E-state index contributed by atoms with van der Waals surface area (Å²) < 4.78 is 37.8. The van der Waals surface area contributed by atoms with E-state index in [4.69, 9.17) is 0 Å². The Morgan fingerprint density at radius 2 is 1.52 bits per heavy atom. The van der Waals surface area contributed by atoms with Crippen LogP contribution < -0.4 is 5.32 Å². The topological polar surface area (TPSA) is 49.4 Å². The van der Waals surface area contributed by atoms with Crippen molar-refractivity contribution in [3.8, 4) is 0 Å². The molecule has 25 heavy (non-hydrogen) atoms. The number of nitrogens with zero attached hydrogens (tertiary/aromatic N) is 1. The summed E-state index contributed by atoms with van der Waals surface area (Å²) in [5.41, 5.74) is -1.53. The van der Waals surface area contributed by atoms with Crippen LogP contribution in [-0.2, 0) is 15.8 Å². The Hall–Kier alpha value is -2.05. The lowest BCUT2D eigenvalue weighted by Gasteiger charge is -2.25. The van der Waals surface area contributed by atoms with Crippen molar-refractivity contribution in [3.63, 3.8) is 0 Å². The molecule has 0 aromatic heterocycles. The zero-order valence-electron chi connectivity index (χ0n) is 13.9.